The van der Waals surface area contributed by atoms with Crippen LogP contribution in [0.5, 0.6) is 5.75 Å². The minimum absolute atomic E-state index is 0.122. The number of benzene rings is 1. The highest BCUT2D eigenvalue weighted by atomic mass is 28.2. The lowest BCUT2D eigenvalue weighted by Gasteiger charge is -2.16. The minimum atomic E-state index is -0.289. The average Bonchev–Trinajstić information content (AvgIpc) is 2.37. The molecule has 0 amide bonds. The molecule has 0 saturated heterocycles. The Kier molecular flexibility index (Phi) is 6.62. The van der Waals surface area contributed by atoms with Crippen LogP contribution in [0.4, 0.5) is 0 Å². The molecule has 0 aliphatic rings. The Bertz CT molecular complexity index is 335. The molecule has 17 heavy (non-hydrogen) atoms. The van der Waals surface area contributed by atoms with Gasteiger partial charge in [0, 0.05) is 18.8 Å². The predicted molar refractivity (Wildman–Crippen MR) is 70.0 cm³/mol. The normalized spacial score (nSPS) is 10.5. The fourth-order valence-corrected chi connectivity index (χ4v) is 2.15. The van der Waals surface area contributed by atoms with Gasteiger partial charge in [0.05, 0.1) is 0 Å². The number of ether oxygens (including phenoxy) is 2. The monoisotopic (exact) mass is 250 g/mol. The van der Waals surface area contributed by atoms with E-state index < -0.39 is 0 Å². The third kappa shape index (κ3) is 4.73. The van der Waals surface area contributed by atoms with Crippen LogP contribution in [0.15, 0.2) is 30.8 Å². The van der Waals surface area contributed by atoms with Crippen molar-refractivity contribution in [3.8, 4) is 5.75 Å². The second-order valence-electron chi connectivity index (χ2n) is 3.20. The van der Waals surface area contributed by atoms with Gasteiger partial charge in [0.15, 0.2) is 5.91 Å². The lowest BCUT2D eigenvalue weighted by molar-refractivity contribution is -0.0871. The van der Waals surface area contributed by atoms with Crippen molar-refractivity contribution in [2.45, 2.75) is 19.8 Å². The molecule has 3 nitrogen and oxygen atoms in total. The van der Waals surface area contributed by atoms with E-state index in [-0.39, 0.29) is 15.7 Å². The van der Waals surface area contributed by atoms with Gasteiger partial charge in [0.2, 0.25) is 0 Å². The van der Waals surface area contributed by atoms with Gasteiger partial charge in [-0.2, -0.15) is 0 Å². The first kappa shape index (κ1) is 14.0. The second kappa shape index (κ2) is 8.06. The van der Waals surface area contributed by atoms with Crippen molar-refractivity contribution in [3.05, 3.63) is 36.4 Å². The van der Waals surface area contributed by atoms with Crippen LogP contribution in [-0.4, -0.2) is 28.9 Å². The molecule has 0 N–H and O–H groups in total. The number of rotatable bonds is 8. The van der Waals surface area contributed by atoms with E-state index >= 15 is 0 Å². The quantitative estimate of drug-likeness (QED) is 0.524. The predicted octanol–water partition coefficient (Wildman–Crippen LogP) is 2.68. The minimum Gasteiger partial charge on any atom is -0.535 e. The van der Waals surface area contributed by atoms with Crippen molar-refractivity contribution in [1.82, 2.24) is 0 Å². The van der Waals surface area contributed by atoms with Crippen LogP contribution in [0.2, 0.25) is 0 Å². The molecule has 0 aliphatic heterocycles. The Morgan fingerprint density at radius 2 is 1.88 bits per heavy atom. The topological polar surface area (TPSA) is 27.7 Å². The van der Waals surface area contributed by atoms with Gasteiger partial charge < -0.3 is 13.9 Å². The molecule has 0 bridgehead atoms. The van der Waals surface area contributed by atoms with Crippen LogP contribution < -0.4 is 4.43 Å². The van der Waals surface area contributed by atoms with Gasteiger partial charge in [0.25, 0.3) is 0 Å². The lowest BCUT2D eigenvalue weighted by atomic mass is 10.2. The summed E-state index contributed by atoms with van der Waals surface area (Å²) >= 11 is 0. The maximum atomic E-state index is 5.70. The standard InChI is InChI=1S/C13H18O3Si/c1-4-11-9-7-8-10-12(11)16-17-13(14-5-2)15-6-3/h4,7-10,13H,1,5-6H2,2-3H3. The Morgan fingerprint density at radius 3 is 2.47 bits per heavy atom. The molecule has 0 unspecified atom stereocenters. The van der Waals surface area contributed by atoms with E-state index in [1.807, 2.05) is 38.1 Å². The number of hydrogen-bond donors (Lipinski definition) is 0. The van der Waals surface area contributed by atoms with Gasteiger partial charge in [0.1, 0.15) is 5.75 Å². The van der Waals surface area contributed by atoms with Crippen LogP contribution >= 0.6 is 0 Å². The number of hydrogen-bond acceptors (Lipinski definition) is 3. The van der Waals surface area contributed by atoms with Gasteiger partial charge in [-0.25, -0.2) is 0 Å². The zero-order chi connectivity index (χ0) is 12.5. The van der Waals surface area contributed by atoms with Gasteiger partial charge in [-0.1, -0.05) is 30.9 Å². The second-order valence-corrected chi connectivity index (χ2v) is 4.12. The summed E-state index contributed by atoms with van der Waals surface area (Å²) in [6, 6.07) is 7.76. The first-order chi connectivity index (χ1) is 8.31. The van der Waals surface area contributed by atoms with E-state index in [9.17, 15) is 0 Å². The fraction of sp³-hybridized carbons (Fsp3) is 0.385. The maximum Gasteiger partial charge on any atom is 0.376 e. The van der Waals surface area contributed by atoms with Crippen molar-refractivity contribution in [2.75, 3.05) is 13.2 Å². The van der Waals surface area contributed by atoms with Crippen molar-refractivity contribution in [2.24, 2.45) is 0 Å². The summed E-state index contributed by atoms with van der Waals surface area (Å²) < 4.78 is 16.5. The van der Waals surface area contributed by atoms with Gasteiger partial charge in [-0.15, -0.1) is 0 Å². The fourth-order valence-electron chi connectivity index (χ4n) is 1.27. The summed E-state index contributed by atoms with van der Waals surface area (Å²) in [5, 5.41) is 0. The largest absolute Gasteiger partial charge is 0.535 e. The zero-order valence-electron chi connectivity index (χ0n) is 10.3. The SMILES string of the molecule is C=Cc1ccccc1O[Si]C(OCC)OCC. The van der Waals surface area contributed by atoms with Gasteiger partial charge in [-0.3, -0.25) is 0 Å². The Balaban J connectivity index is 2.55. The van der Waals surface area contributed by atoms with E-state index in [0.717, 1.165) is 11.3 Å². The summed E-state index contributed by atoms with van der Waals surface area (Å²) in [5.41, 5.74) is 0.978. The van der Waals surface area contributed by atoms with Crippen molar-refractivity contribution in [1.29, 1.82) is 0 Å². The van der Waals surface area contributed by atoms with E-state index in [0.29, 0.717) is 13.2 Å². The summed E-state index contributed by atoms with van der Waals surface area (Å²) in [4.78, 5) is 0. The molecule has 0 heterocycles. The molecule has 1 aromatic rings. The van der Waals surface area contributed by atoms with Crippen LogP contribution in [0.3, 0.4) is 0 Å². The summed E-state index contributed by atoms with van der Waals surface area (Å²) in [6.45, 7) is 8.86. The van der Waals surface area contributed by atoms with Crippen LogP contribution in [0.25, 0.3) is 6.08 Å². The molecule has 0 aliphatic carbocycles. The lowest BCUT2D eigenvalue weighted by Crippen LogP contribution is -2.28. The molecule has 0 aromatic heterocycles. The first-order valence-electron chi connectivity index (χ1n) is 5.68. The first-order valence-corrected chi connectivity index (χ1v) is 6.67. The third-order valence-electron chi connectivity index (χ3n) is 2.04. The molecular weight excluding hydrogens is 232 g/mol. The Hall–Kier alpha value is -1.10. The van der Waals surface area contributed by atoms with Crippen molar-refractivity contribution < 1.29 is 13.9 Å². The van der Waals surface area contributed by atoms with E-state index in [4.69, 9.17) is 13.9 Å². The molecule has 1 rings (SSSR count). The average molecular weight is 250 g/mol. The highest BCUT2D eigenvalue weighted by molar-refractivity contribution is 6.29. The highest BCUT2D eigenvalue weighted by Gasteiger charge is 2.13. The zero-order valence-corrected chi connectivity index (χ0v) is 11.3. The van der Waals surface area contributed by atoms with Crippen LogP contribution in [0, 0.1) is 0 Å². The third-order valence-corrected chi connectivity index (χ3v) is 2.90. The molecule has 92 valence electrons. The van der Waals surface area contributed by atoms with Crippen molar-refractivity contribution >= 4 is 15.8 Å². The molecule has 4 heteroatoms. The summed E-state index contributed by atoms with van der Waals surface area (Å²) in [5.74, 6) is 0.521. The molecule has 0 fully saturated rings. The number of para-hydroxylation sites is 1. The maximum absolute atomic E-state index is 5.70. The van der Waals surface area contributed by atoms with Gasteiger partial charge in [-0.05, 0) is 19.9 Å². The Labute approximate surface area is 105 Å². The molecule has 1 aromatic carbocycles. The summed E-state index contributed by atoms with van der Waals surface area (Å²) in [6.07, 6.45) is 1.77. The van der Waals surface area contributed by atoms with E-state index in [2.05, 4.69) is 6.58 Å². The molecule has 0 atom stereocenters. The molecule has 0 saturated carbocycles. The van der Waals surface area contributed by atoms with E-state index in [1.54, 1.807) is 6.08 Å². The van der Waals surface area contributed by atoms with E-state index in [1.165, 1.54) is 0 Å². The molecular formula is C13H18O3Si. The highest BCUT2D eigenvalue weighted by Crippen LogP contribution is 2.18. The molecule has 0 spiro atoms. The molecule has 2 radical (unpaired) electrons. The van der Waals surface area contributed by atoms with Crippen LogP contribution in [0.1, 0.15) is 19.4 Å². The summed E-state index contributed by atoms with van der Waals surface area (Å²) in [7, 11) is 0.122. The van der Waals surface area contributed by atoms with Crippen molar-refractivity contribution in [3.63, 3.8) is 0 Å². The van der Waals surface area contributed by atoms with Crippen LogP contribution in [-0.2, 0) is 9.47 Å². The van der Waals surface area contributed by atoms with Gasteiger partial charge >= 0.3 is 9.76 Å². The Morgan fingerprint density at radius 1 is 1.24 bits per heavy atom. The smallest absolute Gasteiger partial charge is 0.376 e.